The van der Waals surface area contributed by atoms with Crippen molar-refractivity contribution >= 4 is 16.0 Å². The molecule has 2 aromatic carbocycles. The van der Waals surface area contributed by atoms with Crippen molar-refractivity contribution in [2.24, 2.45) is 5.92 Å². The topological polar surface area (TPSA) is 63.7 Å². The molecule has 0 aromatic heterocycles. The minimum Gasteiger partial charge on any atom is -0.383 e. The van der Waals surface area contributed by atoms with Crippen LogP contribution in [-0.2, 0) is 27.9 Å². The number of hydrogen-bond donors (Lipinski definition) is 0. The first kappa shape index (κ1) is 21.0. The number of amides is 1. The van der Waals surface area contributed by atoms with Gasteiger partial charge in [-0.15, -0.1) is 0 Å². The smallest absolute Gasteiger partial charge is 0.306 e. The third-order valence-electron chi connectivity index (χ3n) is 3.93. The average Bonchev–Trinajstić information content (AvgIpc) is 2.58. The average molecular weight is 390 g/mol. The van der Waals surface area contributed by atoms with E-state index in [0.717, 1.165) is 17.4 Å². The summed E-state index contributed by atoms with van der Waals surface area (Å²) >= 11 is 0. The highest BCUT2D eigenvalue weighted by Gasteiger charge is 2.16. The Bertz CT molecular complexity index is 847. The Kier molecular flexibility index (Phi) is 7.42. The molecule has 0 aliphatic heterocycles. The summed E-state index contributed by atoms with van der Waals surface area (Å²) < 4.78 is 27.6. The predicted molar refractivity (Wildman–Crippen MR) is 107 cm³/mol. The highest BCUT2D eigenvalue weighted by Crippen LogP contribution is 2.18. The first-order valence-corrected chi connectivity index (χ1v) is 10.8. The molecular formula is C21H27NO4S. The van der Waals surface area contributed by atoms with E-state index in [1.165, 1.54) is 0 Å². The molecule has 0 radical (unpaired) electrons. The number of benzene rings is 2. The molecule has 27 heavy (non-hydrogen) atoms. The van der Waals surface area contributed by atoms with E-state index in [-0.39, 0.29) is 11.7 Å². The van der Waals surface area contributed by atoms with Crippen LogP contribution in [0.5, 0.6) is 5.75 Å². The normalized spacial score (nSPS) is 11.4. The fourth-order valence-electron chi connectivity index (χ4n) is 2.84. The van der Waals surface area contributed by atoms with Gasteiger partial charge in [-0.25, -0.2) is 0 Å². The third kappa shape index (κ3) is 7.83. The van der Waals surface area contributed by atoms with Crippen LogP contribution in [0.2, 0.25) is 0 Å². The van der Waals surface area contributed by atoms with E-state index in [1.54, 1.807) is 18.2 Å². The fourth-order valence-corrected chi connectivity index (χ4v) is 3.29. The summed E-state index contributed by atoms with van der Waals surface area (Å²) in [6, 6.07) is 16.8. The predicted octanol–water partition coefficient (Wildman–Crippen LogP) is 3.64. The number of carbonyl (C=O) groups excluding carboxylic acids is 1. The summed E-state index contributed by atoms with van der Waals surface area (Å²) in [5.74, 6) is 0.680. The lowest BCUT2D eigenvalue weighted by Gasteiger charge is -2.25. The number of hydrogen-bond acceptors (Lipinski definition) is 4. The molecule has 146 valence electrons. The van der Waals surface area contributed by atoms with Crippen molar-refractivity contribution in [3.63, 3.8) is 0 Å². The van der Waals surface area contributed by atoms with Crippen molar-refractivity contribution in [1.29, 1.82) is 0 Å². The maximum absolute atomic E-state index is 12.8. The standard InChI is InChI=1S/C21H27NO4S/c1-17(2)15-22(21(23)13-12-18-8-5-4-6-9-18)16-19-10-7-11-20(14-19)26-27(3,24)25/h4-11,14,17H,12-13,15-16H2,1-3H3. The van der Waals surface area contributed by atoms with E-state index in [4.69, 9.17) is 4.18 Å². The highest BCUT2D eigenvalue weighted by molar-refractivity contribution is 7.86. The van der Waals surface area contributed by atoms with Crippen molar-refractivity contribution in [3.8, 4) is 5.75 Å². The first-order valence-electron chi connectivity index (χ1n) is 9.03. The number of aryl methyl sites for hydroxylation is 1. The third-order valence-corrected chi connectivity index (χ3v) is 4.42. The number of rotatable bonds is 9. The highest BCUT2D eigenvalue weighted by atomic mass is 32.2. The van der Waals surface area contributed by atoms with Gasteiger partial charge >= 0.3 is 10.1 Å². The van der Waals surface area contributed by atoms with Gasteiger partial charge < -0.3 is 9.08 Å². The Labute approximate surface area is 162 Å². The lowest BCUT2D eigenvalue weighted by Crippen LogP contribution is -2.33. The number of carbonyl (C=O) groups is 1. The zero-order valence-corrected chi connectivity index (χ0v) is 16.9. The monoisotopic (exact) mass is 389 g/mol. The van der Waals surface area contributed by atoms with Crippen molar-refractivity contribution in [1.82, 2.24) is 4.90 Å². The quantitative estimate of drug-likeness (QED) is 0.614. The van der Waals surface area contributed by atoms with Gasteiger partial charge in [0.25, 0.3) is 0 Å². The van der Waals surface area contributed by atoms with Crippen molar-refractivity contribution < 1.29 is 17.4 Å². The molecule has 0 fully saturated rings. The van der Waals surface area contributed by atoms with Gasteiger partial charge in [0.2, 0.25) is 5.91 Å². The van der Waals surface area contributed by atoms with Crippen molar-refractivity contribution in [2.75, 3.05) is 12.8 Å². The van der Waals surface area contributed by atoms with Gasteiger partial charge in [0, 0.05) is 19.5 Å². The van der Waals surface area contributed by atoms with Gasteiger partial charge in [-0.05, 0) is 35.6 Å². The molecule has 0 bridgehead atoms. The Hall–Kier alpha value is -2.34. The van der Waals surface area contributed by atoms with Crippen LogP contribution in [0.1, 0.15) is 31.4 Å². The summed E-state index contributed by atoms with van der Waals surface area (Å²) in [6.45, 7) is 5.21. The van der Waals surface area contributed by atoms with Crippen LogP contribution in [0.3, 0.4) is 0 Å². The van der Waals surface area contributed by atoms with Crippen LogP contribution in [0, 0.1) is 5.92 Å². The van der Waals surface area contributed by atoms with E-state index < -0.39 is 10.1 Å². The molecule has 0 saturated carbocycles. The van der Waals surface area contributed by atoms with Gasteiger partial charge in [0.15, 0.2) is 0 Å². The van der Waals surface area contributed by atoms with Gasteiger partial charge in [-0.3, -0.25) is 4.79 Å². The molecule has 0 N–H and O–H groups in total. The summed E-state index contributed by atoms with van der Waals surface area (Å²) in [7, 11) is -3.58. The maximum Gasteiger partial charge on any atom is 0.306 e. The molecule has 0 unspecified atom stereocenters. The molecular weight excluding hydrogens is 362 g/mol. The minimum atomic E-state index is -3.58. The summed E-state index contributed by atoms with van der Waals surface area (Å²) in [4.78, 5) is 14.6. The van der Waals surface area contributed by atoms with Crippen LogP contribution < -0.4 is 4.18 Å². The molecule has 0 saturated heterocycles. The second-order valence-electron chi connectivity index (χ2n) is 7.09. The SMILES string of the molecule is CC(C)CN(Cc1cccc(OS(C)(=O)=O)c1)C(=O)CCc1ccccc1. The Morgan fingerprint density at radius 1 is 1.04 bits per heavy atom. The zero-order valence-electron chi connectivity index (χ0n) is 16.1. The molecule has 6 heteroatoms. The van der Waals surface area contributed by atoms with Gasteiger partial charge in [-0.1, -0.05) is 56.3 Å². The van der Waals surface area contributed by atoms with Crippen molar-refractivity contribution in [3.05, 3.63) is 65.7 Å². The molecule has 2 rings (SSSR count). The molecule has 2 aromatic rings. The van der Waals surface area contributed by atoms with Gasteiger partial charge in [0.05, 0.1) is 6.26 Å². The molecule has 1 amide bonds. The van der Waals surface area contributed by atoms with E-state index >= 15 is 0 Å². The molecule has 5 nitrogen and oxygen atoms in total. The second-order valence-corrected chi connectivity index (χ2v) is 8.66. The Morgan fingerprint density at radius 3 is 2.33 bits per heavy atom. The van der Waals surface area contributed by atoms with Crippen LogP contribution >= 0.6 is 0 Å². The zero-order chi connectivity index (χ0) is 19.9. The van der Waals surface area contributed by atoms with Gasteiger partial charge in [-0.2, -0.15) is 8.42 Å². The van der Waals surface area contributed by atoms with E-state index in [0.29, 0.717) is 31.8 Å². The fraction of sp³-hybridized carbons (Fsp3) is 0.381. The first-order chi connectivity index (χ1) is 12.7. The Morgan fingerprint density at radius 2 is 1.70 bits per heavy atom. The molecule has 0 aliphatic rings. The van der Waals surface area contributed by atoms with Crippen molar-refractivity contribution in [2.45, 2.75) is 33.2 Å². The van der Waals surface area contributed by atoms with Gasteiger partial charge in [0.1, 0.15) is 5.75 Å². The lowest BCUT2D eigenvalue weighted by atomic mass is 10.1. The summed E-state index contributed by atoms with van der Waals surface area (Å²) in [6.07, 6.45) is 2.15. The molecule has 0 spiro atoms. The Balaban J connectivity index is 2.07. The van der Waals surface area contributed by atoms with E-state index in [2.05, 4.69) is 13.8 Å². The van der Waals surface area contributed by atoms with E-state index in [1.807, 2.05) is 41.3 Å². The van der Waals surface area contributed by atoms with Crippen LogP contribution in [-0.4, -0.2) is 32.0 Å². The maximum atomic E-state index is 12.8. The summed E-state index contributed by atoms with van der Waals surface area (Å²) in [5, 5.41) is 0. The largest absolute Gasteiger partial charge is 0.383 e. The molecule has 0 atom stereocenters. The van der Waals surface area contributed by atoms with Crippen LogP contribution in [0.25, 0.3) is 0 Å². The number of nitrogens with zero attached hydrogens (tertiary/aromatic N) is 1. The minimum absolute atomic E-state index is 0.0852. The van der Waals surface area contributed by atoms with Crippen LogP contribution in [0.15, 0.2) is 54.6 Å². The van der Waals surface area contributed by atoms with E-state index in [9.17, 15) is 13.2 Å². The lowest BCUT2D eigenvalue weighted by molar-refractivity contribution is -0.132. The van der Waals surface area contributed by atoms with Crippen LogP contribution in [0.4, 0.5) is 0 Å². The molecule has 0 heterocycles. The molecule has 0 aliphatic carbocycles. The second kappa shape index (κ2) is 9.55. The summed E-state index contributed by atoms with van der Waals surface area (Å²) in [5.41, 5.74) is 1.98.